The number of nitrogens with one attached hydrogen (secondary N) is 2. The first-order valence-electron chi connectivity index (χ1n) is 24.1. The van der Waals surface area contributed by atoms with Crippen molar-refractivity contribution in [3.05, 3.63) is 172 Å². The molecule has 2 aliphatic heterocycles. The quantitative estimate of drug-likeness (QED) is 0.0508. The number of halogens is 6. The fourth-order valence-corrected chi connectivity index (χ4v) is 10.3. The van der Waals surface area contributed by atoms with E-state index in [9.17, 15) is 36.3 Å². The van der Waals surface area contributed by atoms with E-state index in [0.29, 0.717) is 68.5 Å². The first kappa shape index (κ1) is 60.4. The number of aryl methyl sites for hydroxylation is 6. The lowest BCUT2D eigenvalue weighted by Crippen LogP contribution is -2.37. The number of aromatic nitrogens is 3. The number of H-pyrrole nitrogens is 1. The fourth-order valence-electron chi connectivity index (χ4n) is 7.59. The van der Waals surface area contributed by atoms with Crippen molar-refractivity contribution in [1.82, 2.24) is 20.3 Å². The van der Waals surface area contributed by atoms with E-state index in [-0.39, 0.29) is 32.8 Å². The highest BCUT2D eigenvalue weighted by Crippen LogP contribution is 2.38. The minimum atomic E-state index is -0.774. The lowest BCUT2D eigenvalue weighted by Gasteiger charge is -2.30. The minimum absolute atomic E-state index is 0.00657. The maximum Gasteiger partial charge on any atom is 0.208 e. The third kappa shape index (κ3) is 15.0. The van der Waals surface area contributed by atoms with Gasteiger partial charge in [-0.05, 0) is 131 Å². The van der Waals surface area contributed by atoms with Crippen molar-refractivity contribution in [2.24, 2.45) is 0 Å². The number of hydrogen-bond donors (Lipinski definition) is 4. The Kier molecular flexibility index (Phi) is 21.4. The van der Waals surface area contributed by atoms with Gasteiger partial charge in [0.2, 0.25) is 11.6 Å². The molecule has 10 rings (SSSR count). The summed E-state index contributed by atoms with van der Waals surface area (Å²) < 4.78 is 77.2. The van der Waals surface area contributed by atoms with Gasteiger partial charge < -0.3 is 36.1 Å². The maximum absolute atomic E-state index is 14.0. The number of thiophene rings is 2. The van der Waals surface area contributed by atoms with Crippen LogP contribution in [0.4, 0.5) is 39.0 Å². The molecule has 408 valence electrons. The number of ketones is 3. The van der Waals surface area contributed by atoms with Crippen LogP contribution in [0.5, 0.6) is 0 Å². The van der Waals surface area contributed by atoms with Crippen LogP contribution in [0.2, 0.25) is 0 Å². The second kappa shape index (κ2) is 27.7. The smallest absolute Gasteiger partial charge is 0.208 e. The molecule has 22 heteroatoms. The van der Waals surface area contributed by atoms with Crippen molar-refractivity contribution in [2.75, 3.05) is 74.3 Å². The van der Waals surface area contributed by atoms with Crippen LogP contribution in [-0.2, 0) is 9.47 Å². The van der Waals surface area contributed by atoms with Crippen molar-refractivity contribution in [1.29, 1.82) is 5.26 Å². The van der Waals surface area contributed by atoms with E-state index in [1.807, 2.05) is 64.6 Å². The normalized spacial score (nSPS) is 12.9. The van der Waals surface area contributed by atoms with Gasteiger partial charge in [0.25, 0.3) is 0 Å². The molecule has 2 aliphatic rings. The number of ether oxygens (including phenoxy) is 2. The molecule has 0 radical (unpaired) electrons. The second-order valence-corrected chi connectivity index (χ2v) is 20.7. The summed E-state index contributed by atoms with van der Waals surface area (Å²) in [4.78, 5) is 52.6. The Morgan fingerprint density at radius 1 is 0.679 bits per heavy atom. The van der Waals surface area contributed by atoms with Gasteiger partial charge in [0.15, 0.2) is 5.78 Å². The molecule has 2 fully saturated rings. The molecular weight excluding hydrogens is 1140 g/mol. The number of morpholine rings is 2. The molecule has 0 spiro atoms. The number of alkyl halides is 1. The number of pyridine rings is 3. The average molecular weight is 1190 g/mol. The third-order valence-corrected chi connectivity index (χ3v) is 15.3. The lowest BCUT2D eigenvalue weighted by molar-refractivity contribution is 0.101. The molecule has 0 aliphatic carbocycles. The Balaban J connectivity index is 0.000000171. The molecule has 78 heavy (non-hydrogen) atoms. The Morgan fingerprint density at radius 3 is 1.62 bits per heavy atom. The van der Waals surface area contributed by atoms with Crippen molar-refractivity contribution in [3.63, 3.8) is 0 Å². The minimum Gasteiger partial charge on any atom is -0.397 e. The number of anilines is 3. The number of hydrogen-bond acceptors (Lipinski definition) is 15. The second-order valence-electron chi connectivity index (χ2n) is 17.7. The third-order valence-electron chi connectivity index (χ3n) is 12.3. The van der Waals surface area contributed by atoms with Gasteiger partial charge in [-0.25, -0.2) is 31.9 Å². The predicted octanol–water partition coefficient (Wildman–Crippen LogP) is 12.1. The van der Waals surface area contributed by atoms with Crippen LogP contribution in [0.1, 0.15) is 80.2 Å². The molecule has 0 amide bonds. The number of rotatable bonds is 7. The first-order chi connectivity index (χ1) is 37.1. The number of nitrogen functional groups attached to an aromatic ring is 2. The number of nitriles is 1. The summed E-state index contributed by atoms with van der Waals surface area (Å²) in [5, 5.41) is 13.2. The number of carbonyl (C=O) groups is 3. The monoisotopic (exact) mass is 1190 g/mol. The van der Waals surface area contributed by atoms with Crippen LogP contribution >= 0.6 is 50.8 Å². The Labute approximate surface area is 468 Å². The molecule has 7 heterocycles. The van der Waals surface area contributed by atoms with Crippen LogP contribution in [0.25, 0.3) is 20.4 Å². The topological polar surface area (TPSA) is 202 Å². The largest absolute Gasteiger partial charge is 0.397 e. The van der Waals surface area contributed by atoms with Gasteiger partial charge in [-0.2, -0.15) is 5.26 Å². The molecule has 8 aromatic rings. The van der Waals surface area contributed by atoms with Gasteiger partial charge in [-0.1, -0.05) is 28.1 Å². The Bertz CT molecular complexity index is 3620. The van der Waals surface area contributed by atoms with Crippen molar-refractivity contribution >= 4 is 106 Å². The lowest BCUT2D eigenvalue weighted by atomic mass is 10.0. The van der Waals surface area contributed by atoms with E-state index in [1.54, 1.807) is 12.1 Å². The van der Waals surface area contributed by atoms with Crippen molar-refractivity contribution in [3.8, 4) is 6.07 Å². The van der Waals surface area contributed by atoms with E-state index in [1.165, 1.54) is 23.5 Å². The van der Waals surface area contributed by atoms with Gasteiger partial charge in [-0.3, -0.25) is 14.4 Å². The molecule has 13 nitrogen and oxygen atoms in total. The van der Waals surface area contributed by atoms with Gasteiger partial charge in [0.1, 0.15) is 59.2 Å². The standard InChI is InChI=1S/C20H20FN3O2S.C16H12F2N2OS.C8H5BrF2O.C8H8N2S.C4H9NO/c1-11-9-15-17(22)19(27-20(15)23-12(11)2)18(25)14-10-13(21)3-4-16(14)24-5-7-26-8-6-24;1-7-5-11-13(19)15(22-16(11)20-8(7)2)14(21)10-6-9(17)3-4-12(10)18;9-4-8(12)6-3-5(10)1-2-7(6)11;1-5-3-7(4-9)8(11)10-6(5)2;1-3-6-4-2-5-1/h3-4,9-10H,5-8,22H2,1-2H3;3-6H,19H2,1-2H3;1-3H,4H2;3H,1-2H3,(H,10,11);5H,1-4H2. The number of fused-ring (bicyclic) bond motifs is 2. The van der Waals surface area contributed by atoms with Crippen molar-refractivity contribution in [2.45, 2.75) is 41.5 Å². The van der Waals surface area contributed by atoms with Crippen LogP contribution in [0, 0.1) is 86.6 Å². The van der Waals surface area contributed by atoms with E-state index in [4.69, 9.17) is 38.4 Å². The number of benzene rings is 3. The fraction of sp³-hybridized carbons (Fsp3) is 0.268. The maximum atomic E-state index is 14.0. The van der Waals surface area contributed by atoms with Gasteiger partial charge >= 0.3 is 0 Å². The summed E-state index contributed by atoms with van der Waals surface area (Å²) in [5.74, 6) is -4.56. The molecule has 5 aromatic heterocycles. The first-order valence-corrected chi connectivity index (χ1v) is 27.2. The zero-order valence-electron chi connectivity index (χ0n) is 43.3. The number of nitrogens with zero attached hydrogens (tertiary/aromatic N) is 4. The highest BCUT2D eigenvalue weighted by atomic mass is 79.9. The summed E-state index contributed by atoms with van der Waals surface area (Å²) in [6.07, 6.45) is 0. The highest BCUT2D eigenvalue weighted by molar-refractivity contribution is 9.09. The summed E-state index contributed by atoms with van der Waals surface area (Å²) >= 11 is 10.1. The summed E-state index contributed by atoms with van der Waals surface area (Å²) in [5.41, 5.74) is 19.8. The molecular formula is C56H54BrF5N8O5S3. The van der Waals surface area contributed by atoms with Crippen LogP contribution < -0.4 is 21.7 Å². The Morgan fingerprint density at radius 2 is 1.14 bits per heavy atom. The van der Waals surface area contributed by atoms with E-state index in [2.05, 4.69) is 36.2 Å². The predicted molar refractivity (Wildman–Crippen MR) is 304 cm³/mol. The zero-order chi connectivity index (χ0) is 57.0. The van der Waals surface area contributed by atoms with Crippen LogP contribution in [-0.4, -0.2) is 90.2 Å². The number of Topliss-reactive ketones (excluding diaryl/α,β-unsaturated/α-hetero) is 1. The molecule has 0 saturated carbocycles. The zero-order valence-corrected chi connectivity index (χ0v) is 47.3. The summed E-state index contributed by atoms with van der Waals surface area (Å²) in [6.45, 7) is 17.8. The molecule has 0 atom stereocenters. The summed E-state index contributed by atoms with van der Waals surface area (Å²) in [6, 6.07) is 17.5. The number of aromatic amines is 1. The van der Waals surface area contributed by atoms with Crippen LogP contribution in [0.3, 0.4) is 0 Å². The highest BCUT2D eigenvalue weighted by Gasteiger charge is 2.26. The summed E-state index contributed by atoms with van der Waals surface area (Å²) in [7, 11) is 0. The van der Waals surface area contributed by atoms with Gasteiger partial charge in [0, 0.05) is 65.3 Å². The average Bonchev–Trinajstić information content (AvgIpc) is 4.08. The molecule has 0 unspecified atom stereocenters. The number of nitrogens with two attached hydrogens (primary N) is 2. The van der Waals surface area contributed by atoms with E-state index in [0.717, 1.165) is 118 Å². The van der Waals surface area contributed by atoms with Crippen molar-refractivity contribution < 1.29 is 45.8 Å². The van der Waals surface area contributed by atoms with Gasteiger partial charge in [0.05, 0.1) is 59.8 Å². The Hall–Kier alpha value is -6.84. The molecule has 6 N–H and O–H groups in total. The molecule has 3 aromatic carbocycles. The van der Waals surface area contributed by atoms with Crippen LogP contribution in [0.15, 0.2) is 72.8 Å². The SMILES string of the molecule is C1COCCN1.Cc1cc(C#N)c(=S)[nH]c1C.Cc1cc2c(N)c(C(=O)c3cc(F)ccc3F)sc2nc1C.Cc1cc2c(N)c(C(=O)c3cc(F)ccc3N3CCOCC3)sc2nc1C.O=C(CBr)c1cc(F)ccc1F. The molecule has 0 bridgehead atoms. The number of carbonyl (C=O) groups excluding carboxylic acids is 3. The van der Waals surface area contributed by atoms with E-state index < -0.39 is 40.7 Å². The van der Waals surface area contributed by atoms with E-state index >= 15 is 0 Å². The molecule has 2 saturated heterocycles. The van der Waals surface area contributed by atoms with Gasteiger partial charge in [-0.15, -0.1) is 22.7 Å².